The maximum absolute atomic E-state index is 11.4. The molecule has 0 amide bonds. The largest absolute Gasteiger partial charge is 0.466 e. The van der Waals surface area contributed by atoms with Gasteiger partial charge in [0.25, 0.3) is 0 Å². The van der Waals surface area contributed by atoms with Gasteiger partial charge in [-0.3, -0.25) is 4.79 Å². The van der Waals surface area contributed by atoms with Crippen LogP contribution in [0.5, 0.6) is 0 Å². The summed E-state index contributed by atoms with van der Waals surface area (Å²) in [5.41, 5.74) is 0. The Balaban J connectivity index is 4.28. The minimum atomic E-state index is -1.97. The van der Waals surface area contributed by atoms with Crippen molar-refractivity contribution in [2.24, 2.45) is 0 Å². The highest BCUT2D eigenvalue weighted by Crippen LogP contribution is 2.17. The van der Waals surface area contributed by atoms with Gasteiger partial charge in [-0.05, 0) is 45.4 Å². The third kappa shape index (κ3) is 9.04. The van der Waals surface area contributed by atoms with E-state index in [9.17, 15) is 4.79 Å². The lowest BCUT2D eigenvalue weighted by Gasteiger charge is -2.35. The zero-order valence-electron chi connectivity index (χ0n) is 15.5. The van der Waals surface area contributed by atoms with Crippen molar-refractivity contribution in [1.82, 2.24) is 4.57 Å². The molecule has 0 aliphatic rings. The van der Waals surface area contributed by atoms with Crippen LogP contribution in [-0.2, 0) is 18.4 Å². The maximum Gasteiger partial charge on any atom is 0.334 e. The Hall–Kier alpha value is -0.216. The lowest BCUT2D eigenvalue weighted by Crippen LogP contribution is -2.47. The van der Waals surface area contributed by atoms with E-state index in [0.29, 0.717) is 13.0 Å². The standard InChI is InChI=1S/C15H35NO4Si2/c1-8-20-15(17)11-9-12-16(21(4,5)6)13-10-14-22(7,18-2)19-3/h8-14H2,1-7H3. The number of carbonyl (C=O) groups is 1. The molecule has 0 radical (unpaired) electrons. The smallest absolute Gasteiger partial charge is 0.334 e. The highest BCUT2D eigenvalue weighted by molar-refractivity contribution is 6.73. The van der Waals surface area contributed by atoms with Gasteiger partial charge in [-0.25, -0.2) is 0 Å². The van der Waals surface area contributed by atoms with Gasteiger partial charge in [-0.1, -0.05) is 19.6 Å². The van der Waals surface area contributed by atoms with Gasteiger partial charge in [0, 0.05) is 20.6 Å². The van der Waals surface area contributed by atoms with E-state index in [0.717, 1.165) is 32.0 Å². The van der Waals surface area contributed by atoms with Crippen molar-refractivity contribution in [2.45, 2.75) is 58.4 Å². The van der Waals surface area contributed by atoms with E-state index >= 15 is 0 Å². The van der Waals surface area contributed by atoms with Crippen molar-refractivity contribution < 1.29 is 18.4 Å². The van der Waals surface area contributed by atoms with Crippen LogP contribution < -0.4 is 0 Å². The first-order valence-electron chi connectivity index (χ1n) is 8.19. The minimum Gasteiger partial charge on any atom is -0.466 e. The van der Waals surface area contributed by atoms with Crippen LogP contribution in [-0.4, -0.2) is 61.2 Å². The molecular weight excluding hydrogens is 314 g/mol. The summed E-state index contributed by atoms with van der Waals surface area (Å²) in [5.74, 6) is -0.0863. The van der Waals surface area contributed by atoms with E-state index in [4.69, 9.17) is 13.6 Å². The molecular formula is C15H35NO4Si2. The van der Waals surface area contributed by atoms with Crippen molar-refractivity contribution in [2.75, 3.05) is 33.9 Å². The van der Waals surface area contributed by atoms with E-state index in [1.165, 1.54) is 0 Å². The number of carbonyl (C=O) groups excluding carboxylic acids is 1. The SMILES string of the molecule is CCOC(=O)CCCN(CCC[Si](C)(OC)OC)[Si](C)(C)C. The minimum absolute atomic E-state index is 0.0863. The molecule has 0 saturated carbocycles. The third-order valence-electron chi connectivity index (χ3n) is 3.99. The van der Waals surface area contributed by atoms with E-state index in [-0.39, 0.29) is 5.97 Å². The molecule has 0 atom stereocenters. The van der Waals surface area contributed by atoms with Crippen LogP contribution in [0.1, 0.15) is 26.2 Å². The van der Waals surface area contributed by atoms with E-state index in [1.54, 1.807) is 14.2 Å². The first kappa shape index (κ1) is 21.8. The first-order chi connectivity index (χ1) is 10.2. The molecule has 0 aromatic rings. The molecule has 0 N–H and O–H groups in total. The maximum atomic E-state index is 11.4. The molecule has 0 bridgehead atoms. The molecule has 7 heteroatoms. The Morgan fingerprint density at radius 2 is 1.55 bits per heavy atom. The van der Waals surface area contributed by atoms with E-state index < -0.39 is 16.8 Å². The number of esters is 1. The lowest BCUT2D eigenvalue weighted by molar-refractivity contribution is -0.143. The fourth-order valence-corrected chi connectivity index (χ4v) is 5.34. The Morgan fingerprint density at radius 1 is 1.00 bits per heavy atom. The summed E-state index contributed by atoms with van der Waals surface area (Å²) in [6.07, 6.45) is 2.46. The summed E-state index contributed by atoms with van der Waals surface area (Å²) >= 11 is 0. The monoisotopic (exact) mass is 349 g/mol. The second-order valence-corrected chi connectivity index (χ2v) is 15.3. The molecule has 0 heterocycles. The first-order valence-corrected chi connectivity index (χ1v) is 14.2. The average molecular weight is 350 g/mol. The van der Waals surface area contributed by atoms with Gasteiger partial charge in [0.05, 0.1) is 6.61 Å². The van der Waals surface area contributed by atoms with Crippen LogP contribution in [0.2, 0.25) is 32.2 Å². The molecule has 0 aromatic carbocycles. The van der Waals surface area contributed by atoms with Gasteiger partial charge in [0.2, 0.25) is 0 Å². The van der Waals surface area contributed by atoms with E-state index in [1.807, 2.05) is 6.92 Å². The van der Waals surface area contributed by atoms with Gasteiger partial charge in [0.1, 0.15) is 8.24 Å². The topological polar surface area (TPSA) is 48.0 Å². The second kappa shape index (κ2) is 10.5. The van der Waals surface area contributed by atoms with Crippen LogP contribution in [0.4, 0.5) is 0 Å². The Labute approximate surface area is 138 Å². The lowest BCUT2D eigenvalue weighted by atomic mass is 10.3. The number of hydrogen-bond donors (Lipinski definition) is 0. The summed E-state index contributed by atoms with van der Waals surface area (Å²) in [6, 6.07) is 0.999. The van der Waals surface area contributed by atoms with Crippen molar-refractivity contribution in [1.29, 1.82) is 0 Å². The van der Waals surface area contributed by atoms with Crippen LogP contribution in [0.3, 0.4) is 0 Å². The zero-order chi connectivity index (χ0) is 17.2. The normalized spacial score (nSPS) is 12.7. The van der Waals surface area contributed by atoms with Gasteiger partial charge >= 0.3 is 14.5 Å². The highest BCUT2D eigenvalue weighted by atomic mass is 28.4. The van der Waals surface area contributed by atoms with Gasteiger partial charge in [0.15, 0.2) is 0 Å². The predicted molar refractivity (Wildman–Crippen MR) is 95.8 cm³/mol. The molecule has 0 rings (SSSR count). The Morgan fingerprint density at radius 3 is 2.00 bits per heavy atom. The van der Waals surface area contributed by atoms with Crippen LogP contribution in [0.15, 0.2) is 0 Å². The average Bonchev–Trinajstić information content (AvgIpc) is 2.44. The molecule has 0 aliphatic heterocycles. The second-order valence-electron chi connectivity index (χ2n) is 6.71. The van der Waals surface area contributed by atoms with E-state index in [2.05, 4.69) is 30.8 Å². The molecule has 0 aromatic heterocycles. The molecule has 132 valence electrons. The molecule has 0 unspecified atom stereocenters. The quantitative estimate of drug-likeness (QED) is 0.400. The molecule has 0 fully saturated rings. The summed E-state index contributed by atoms with van der Waals surface area (Å²) in [4.78, 5) is 11.4. The van der Waals surface area contributed by atoms with Crippen LogP contribution in [0.25, 0.3) is 0 Å². The highest BCUT2D eigenvalue weighted by Gasteiger charge is 2.29. The molecule has 0 spiro atoms. The number of ether oxygens (including phenoxy) is 1. The Kier molecular flexibility index (Phi) is 10.4. The van der Waals surface area contributed by atoms with Crippen molar-refractivity contribution in [3.63, 3.8) is 0 Å². The summed E-state index contributed by atoms with van der Waals surface area (Å²) in [5, 5.41) is 0. The molecule has 0 saturated heterocycles. The van der Waals surface area contributed by atoms with Crippen LogP contribution >= 0.6 is 0 Å². The summed E-state index contributed by atoms with van der Waals surface area (Å²) < 4.78 is 18.6. The fraction of sp³-hybridized carbons (Fsp3) is 0.933. The number of rotatable bonds is 12. The number of nitrogens with zero attached hydrogens (tertiary/aromatic N) is 1. The Bertz CT molecular complexity index is 317. The molecule has 5 nitrogen and oxygen atoms in total. The van der Waals surface area contributed by atoms with Gasteiger partial charge in [-0.15, -0.1) is 0 Å². The zero-order valence-corrected chi connectivity index (χ0v) is 17.5. The van der Waals surface area contributed by atoms with Crippen molar-refractivity contribution >= 4 is 22.8 Å². The predicted octanol–water partition coefficient (Wildman–Crippen LogP) is 3.22. The molecule has 22 heavy (non-hydrogen) atoms. The van der Waals surface area contributed by atoms with Gasteiger partial charge < -0.3 is 18.2 Å². The summed E-state index contributed by atoms with van der Waals surface area (Å²) in [6.45, 7) is 13.5. The van der Waals surface area contributed by atoms with Crippen molar-refractivity contribution in [3.8, 4) is 0 Å². The number of hydrogen-bond acceptors (Lipinski definition) is 5. The summed E-state index contributed by atoms with van der Waals surface area (Å²) in [7, 11) is 0.135. The molecule has 0 aliphatic carbocycles. The fourth-order valence-electron chi connectivity index (χ4n) is 2.31. The van der Waals surface area contributed by atoms with Crippen LogP contribution in [0, 0.1) is 0 Å². The van der Waals surface area contributed by atoms with Crippen molar-refractivity contribution in [3.05, 3.63) is 0 Å². The third-order valence-corrected chi connectivity index (χ3v) is 9.32. The van der Waals surface area contributed by atoms with Gasteiger partial charge in [-0.2, -0.15) is 0 Å².